The maximum atomic E-state index is 11.6. The molecule has 0 saturated heterocycles. The molecule has 2 N–H and O–H groups in total. The van der Waals surface area contributed by atoms with Crippen molar-refractivity contribution in [3.8, 4) is 0 Å². The molecule has 0 aromatic carbocycles. The van der Waals surface area contributed by atoms with Gasteiger partial charge in [-0.1, -0.05) is 6.92 Å². The first-order chi connectivity index (χ1) is 8.15. The maximum absolute atomic E-state index is 11.6. The standard InChI is InChI=1S/C11H15NO5/c1-2-9-8(3-5-17-9)11(15)12-4-6-16-7-10(13)14/h3,5H,2,4,6-7H2,1H3,(H,12,15)(H,13,14). The molecule has 0 aliphatic heterocycles. The summed E-state index contributed by atoms with van der Waals surface area (Å²) >= 11 is 0. The monoisotopic (exact) mass is 241 g/mol. The number of carbonyl (C=O) groups is 2. The van der Waals surface area contributed by atoms with E-state index in [4.69, 9.17) is 14.3 Å². The second kappa shape index (κ2) is 6.70. The van der Waals surface area contributed by atoms with Gasteiger partial charge in [-0.05, 0) is 6.07 Å². The van der Waals surface area contributed by atoms with Crippen LogP contribution in [-0.2, 0) is 16.0 Å². The lowest BCUT2D eigenvalue weighted by atomic mass is 10.2. The summed E-state index contributed by atoms with van der Waals surface area (Å²) in [6.07, 6.45) is 2.11. The number of carboxylic acid groups (broad SMARTS) is 1. The third kappa shape index (κ3) is 4.28. The lowest BCUT2D eigenvalue weighted by Gasteiger charge is -2.04. The molecule has 0 unspecified atom stereocenters. The van der Waals surface area contributed by atoms with Crippen LogP contribution in [0.15, 0.2) is 16.7 Å². The molecule has 0 atom stereocenters. The molecule has 0 spiro atoms. The Morgan fingerprint density at radius 3 is 2.94 bits per heavy atom. The molecule has 0 aliphatic rings. The molecule has 0 saturated carbocycles. The molecule has 0 radical (unpaired) electrons. The molecular weight excluding hydrogens is 226 g/mol. The first-order valence-electron chi connectivity index (χ1n) is 5.29. The molecule has 1 amide bonds. The van der Waals surface area contributed by atoms with E-state index in [1.165, 1.54) is 6.26 Å². The third-order valence-corrected chi connectivity index (χ3v) is 2.07. The van der Waals surface area contributed by atoms with E-state index in [2.05, 4.69) is 5.32 Å². The number of hydrogen-bond donors (Lipinski definition) is 2. The fourth-order valence-corrected chi connectivity index (χ4v) is 1.31. The molecule has 1 rings (SSSR count). The zero-order valence-electron chi connectivity index (χ0n) is 9.56. The van der Waals surface area contributed by atoms with Gasteiger partial charge in [-0.3, -0.25) is 4.79 Å². The molecule has 0 aliphatic carbocycles. The Kier molecular flexibility index (Phi) is 5.22. The van der Waals surface area contributed by atoms with Crippen molar-refractivity contribution in [2.45, 2.75) is 13.3 Å². The summed E-state index contributed by atoms with van der Waals surface area (Å²) in [6, 6.07) is 1.60. The van der Waals surface area contributed by atoms with E-state index in [1.807, 2.05) is 6.92 Å². The number of hydrogen-bond acceptors (Lipinski definition) is 4. The normalized spacial score (nSPS) is 10.2. The van der Waals surface area contributed by atoms with E-state index in [1.54, 1.807) is 6.07 Å². The topological polar surface area (TPSA) is 88.8 Å². The summed E-state index contributed by atoms with van der Waals surface area (Å²) in [7, 11) is 0. The second-order valence-corrected chi connectivity index (χ2v) is 3.31. The number of amides is 1. The number of ether oxygens (including phenoxy) is 1. The highest BCUT2D eigenvalue weighted by atomic mass is 16.5. The van der Waals surface area contributed by atoms with E-state index in [-0.39, 0.29) is 25.7 Å². The highest BCUT2D eigenvalue weighted by molar-refractivity contribution is 5.95. The summed E-state index contributed by atoms with van der Waals surface area (Å²) in [4.78, 5) is 21.8. The largest absolute Gasteiger partial charge is 0.480 e. The van der Waals surface area contributed by atoms with Crippen LogP contribution in [0.2, 0.25) is 0 Å². The molecule has 0 fully saturated rings. The van der Waals surface area contributed by atoms with Gasteiger partial charge in [0.15, 0.2) is 0 Å². The van der Waals surface area contributed by atoms with Crippen LogP contribution in [0.4, 0.5) is 0 Å². The molecule has 1 aromatic heterocycles. The van der Waals surface area contributed by atoms with Crippen molar-refractivity contribution in [3.63, 3.8) is 0 Å². The maximum Gasteiger partial charge on any atom is 0.329 e. The summed E-state index contributed by atoms with van der Waals surface area (Å²) < 4.78 is 9.91. The van der Waals surface area contributed by atoms with Crippen LogP contribution in [-0.4, -0.2) is 36.7 Å². The van der Waals surface area contributed by atoms with Gasteiger partial charge in [-0.15, -0.1) is 0 Å². The summed E-state index contributed by atoms with van der Waals surface area (Å²) in [5.41, 5.74) is 0.505. The van der Waals surface area contributed by atoms with E-state index < -0.39 is 5.97 Å². The van der Waals surface area contributed by atoms with Gasteiger partial charge in [0.25, 0.3) is 5.91 Å². The molecule has 0 bridgehead atoms. The molecule has 94 valence electrons. The Bertz CT molecular complexity index is 385. The van der Waals surface area contributed by atoms with E-state index in [9.17, 15) is 9.59 Å². The number of furan rings is 1. The Morgan fingerprint density at radius 2 is 2.29 bits per heavy atom. The van der Waals surface area contributed by atoms with Gasteiger partial charge in [0.2, 0.25) is 0 Å². The van der Waals surface area contributed by atoms with E-state index in [0.717, 1.165) is 0 Å². The van der Waals surface area contributed by atoms with Crippen molar-refractivity contribution in [2.24, 2.45) is 0 Å². The predicted molar refractivity (Wildman–Crippen MR) is 58.9 cm³/mol. The second-order valence-electron chi connectivity index (χ2n) is 3.31. The Hall–Kier alpha value is -1.82. The smallest absolute Gasteiger partial charge is 0.329 e. The van der Waals surface area contributed by atoms with Crippen molar-refractivity contribution < 1.29 is 23.8 Å². The first-order valence-corrected chi connectivity index (χ1v) is 5.29. The fourth-order valence-electron chi connectivity index (χ4n) is 1.31. The van der Waals surface area contributed by atoms with E-state index in [0.29, 0.717) is 17.7 Å². The van der Waals surface area contributed by atoms with Gasteiger partial charge in [-0.25, -0.2) is 4.79 Å². The van der Waals surface area contributed by atoms with Gasteiger partial charge in [0.1, 0.15) is 12.4 Å². The van der Waals surface area contributed by atoms with Crippen molar-refractivity contribution in [3.05, 3.63) is 23.7 Å². The van der Waals surface area contributed by atoms with Crippen molar-refractivity contribution in [1.29, 1.82) is 0 Å². The van der Waals surface area contributed by atoms with Gasteiger partial charge < -0.3 is 19.6 Å². The number of aliphatic carboxylic acids is 1. The highest BCUT2D eigenvalue weighted by Gasteiger charge is 2.12. The summed E-state index contributed by atoms with van der Waals surface area (Å²) in [5.74, 6) is -0.636. The minimum Gasteiger partial charge on any atom is -0.480 e. The minimum absolute atomic E-state index is 0.164. The first kappa shape index (κ1) is 13.2. The van der Waals surface area contributed by atoms with Gasteiger partial charge in [0.05, 0.1) is 18.4 Å². The van der Waals surface area contributed by atoms with Crippen LogP contribution in [0.5, 0.6) is 0 Å². The SMILES string of the molecule is CCc1occc1C(=O)NCCOCC(=O)O. The molecule has 6 nitrogen and oxygen atoms in total. The Morgan fingerprint density at radius 1 is 1.53 bits per heavy atom. The molecule has 6 heteroatoms. The number of nitrogens with one attached hydrogen (secondary N) is 1. The number of aryl methyl sites for hydroxylation is 1. The number of carbonyl (C=O) groups excluding carboxylic acids is 1. The van der Waals surface area contributed by atoms with Crippen molar-refractivity contribution >= 4 is 11.9 Å². The quantitative estimate of drug-likeness (QED) is 0.685. The summed E-state index contributed by atoms with van der Waals surface area (Å²) in [6.45, 7) is 1.96. The molecule has 1 heterocycles. The van der Waals surface area contributed by atoms with E-state index >= 15 is 0 Å². The molecule has 17 heavy (non-hydrogen) atoms. The van der Waals surface area contributed by atoms with Crippen molar-refractivity contribution in [2.75, 3.05) is 19.8 Å². The predicted octanol–water partition coefficient (Wildman–Crippen LogP) is 0.673. The van der Waals surface area contributed by atoms with Crippen LogP contribution in [0.3, 0.4) is 0 Å². The average Bonchev–Trinajstić information content (AvgIpc) is 2.75. The zero-order chi connectivity index (χ0) is 12.7. The summed E-state index contributed by atoms with van der Waals surface area (Å²) in [5, 5.41) is 10.9. The van der Waals surface area contributed by atoms with Crippen LogP contribution < -0.4 is 5.32 Å². The minimum atomic E-state index is -1.03. The molecular formula is C11H15NO5. The highest BCUT2D eigenvalue weighted by Crippen LogP contribution is 2.10. The number of carboxylic acids is 1. The lowest BCUT2D eigenvalue weighted by Crippen LogP contribution is -2.28. The van der Waals surface area contributed by atoms with Gasteiger partial charge in [0, 0.05) is 13.0 Å². The Balaban J connectivity index is 2.28. The number of rotatable bonds is 7. The van der Waals surface area contributed by atoms with Crippen LogP contribution in [0, 0.1) is 0 Å². The lowest BCUT2D eigenvalue weighted by molar-refractivity contribution is -0.142. The fraction of sp³-hybridized carbons (Fsp3) is 0.455. The Labute approximate surface area is 98.6 Å². The molecule has 1 aromatic rings. The van der Waals surface area contributed by atoms with Crippen molar-refractivity contribution in [1.82, 2.24) is 5.32 Å². The van der Waals surface area contributed by atoms with Gasteiger partial charge >= 0.3 is 5.97 Å². The average molecular weight is 241 g/mol. The van der Waals surface area contributed by atoms with Crippen LogP contribution >= 0.6 is 0 Å². The van der Waals surface area contributed by atoms with Crippen LogP contribution in [0.25, 0.3) is 0 Å². The third-order valence-electron chi connectivity index (χ3n) is 2.07. The van der Waals surface area contributed by atoms with Gasteiger partial charge in [-0.2, -0.15) is 0 Å². The zero-order valence-corrected chi connectivity index (χ0v) is 9.56. The van der Waals surface area contributed by atoms with Crippen LogP contribution in [0.1, 0.15) is 23.0 Å².